The minimum absolute atomic E-state index is 0.0402. The van der Waals surface area contributed by atoms with Gasteiger partial charge in [0.15, 0.2) is 5.96 Å². The molecule has 0 aliphatic heterocycles. The summed E-state index contributed by atoms with van der Waals surface area (Å²) >= 11 is 0. The highest BCUT2D eigenvalue weighted by molar-refractivity contribution is 5.93. The first-order valence-electron chi connectivity index (χ1n) is 10.8. The van der Waals surface area contributed by atoms with E-state index in [1.807, 2.05) is 27.7 Å². The molecule has 0 heterocycles. The van der Waals surface area contributed by atoms with Crippen LogP contribution >= 0.6 is 0 Å². The van der Waals surface area contributed by atoms with Gasteiger partial charge in [-0.15, -0.1) is 0 Å². The van der Waals surface area contributed by atoms with Crippen molar-refractivity contribution in [2.24, 2.45) is 34.0 Å². The van der Waals surface area contributed by atoms with Crippen molar-refractivity contribution in [3.05, 3.63) is 0 Å². The second-order valence-electron chi connectivity index (χ2n) is 8.49. The van der Waals surface area contributed by atoms with Gasteiger partial charge in [-0.05, 0) is 37.5 Å². The molecular formula is C20H39N7O5. The molecule has 184 valence electrons. The van der Waals surface area contributed by atoms with E-state index < -0.39 is 41.8 Å². The van der Waals surface area contributed by atoms with Crippen LogP contribution in [-0.4, -0.2) is 66.0 Å². The summed E-state index contributed by atoms with van der Waals surface area (Å²) in [5.74, 6) is -2.79. The van der Waals surface area contributed by atoms with E-state index in [2.05, 4.69) is 20.9 Å². The minimum Gasteiger partial charge on any atom is -0.480 e. The van der Waals surface area contributed by atoms with E-state index in [1.165, 1.54) is 0 Å². The van der Waals surface area contributed by atoms with Crippen LogP contribution in [0.1, 0.15) is 53.4 Å². The molecule has 10 N–H and O–H groups in total. The summed E-state index contributed by atoms with van der Waals surface area (Å²) in [5.41, 5.74) is 15.8. The third-order valence-corrected chi connectivity index (χ3v) is 4.44. The number of hydrogen-bond acceptors (Lipinski definition) is 6. The predicted molar refractivity (Wildman–Crippen MR) is 121 cm³/mol. The molecule has 12 heteroatoms. The molecule has 0 aliphatic rings. The summed E-state index contributed by atoms with van der Waals surface area (Å²) in [7, 11) is 0. The van der Waals surface area contributed by atoms with Crippen LogP contribution in [0.3, 0.4) is 0 Å². The van der Waals surface area contributed by atoms with E-state index in [0.29, 0.717) is 12.8 Å². The first-order valence-corrected chi connectivity index (χ1v) is 10.8. The van der Waals surface area contributed by atoms with Gasteiger partial charge in [0.1, 0.15) is 18.1 Å². The minimum atomic E-state index is -1.20. The number of carbonyl (C=O) groups excluding carboxylic acids is 3. The molecule has 3 unspecified atom stereocenters. The van der Waals surface area contributed by atoms with E-state index >= 15 is 0 Å². The summed E-state index contributed by atoms with van der Waals surface area (Å²) in [6, 6.07) is -2.98. The first-order chi connectivity index (χ1) is 14.9. The molecule has 0 fully saturated rings. The van der Waals surface area contributed by atoms with Gasteiger partial charge in [0.2, 0.25) is 17.7 Å². The fourth-order valence-corrected chi connectivity index (χ4v) is 2.96. The maximum Gasteiger partial charge on any atom is 0.326 e. The topological polar surface area (TPSA) is 215 Å². The zero-order valence-corrected chi connectivity index (χ0v) is 19.4. The maximum absolute atomic E-state index is 12.8. The summed E-state index contributed by atoms with van der Waals surface area (Å²) in [5, 5.41) is 17.1. The van der Waals surface area contributed by atoms with E-state index in [0.717, 1.165) is 0 Å². The number of nitrogens with one attached hydrogen (secondary N) is 3. The number of hydrogen-bond donors (Lipinski definition) is 7. The van der Waals surface area contributed by atoms with Crippen molar-refractivity contribution in [2.45, 2.75) is 71.5 Å². The lowest BCUT2D eigenvalue weighted by Crippen LogP contribution is -2.56. The smallest absolute Gasteiger partial charge is 0.326 e. The average Bonchev–Trinajstić information content (AvgIpc) is 2.67. The standard InChI is InChI=1S/C20H39N7O5/c1-11(2)8-14(25-16(28)10-21)17(29)27-15(9-12(3)4)18(30)26-13(19(31)32)6-5-7-24-20(22)23/h11-15H,5-10,21H2,1-4H3,(H,25,28)(H,26,30)(H,27,29)(H,31,32)(H4,22,23,24). The molecule has 12 nitrogen and oxygen atoms in total. The Hall–Kier alpha value is -2.89. The fourth-order valence-electron chi connectivity index (χ4n) is 2.96. The van der Waals surface area contributed by atoms with E-state index in [9.17, 15) is 24.3 Å². The third kappa shape index (κ3) is 12.7. The molecule has 32 heavy (non-hydrogen) atoms. The van der Waals surface area contributed by atoms with Gasteiger partial charge in [0, 0.05) is 6.54 Å². The highest BCUT2D eigenvalue weighted by atomic mass is 16.4. The zero-order valence-electron chi connectivity index (χ0n) is 19.4. The van der Waals surface area contributed by atoms with E-state index in [-0.39, 0.29) is 43.7 Å². The van der Waals surface area contributed by atoms with Crippen molar-refractivity contribution in [1.29, 1.82) is 0 Å². The van der Waals surface area contributed by atoms with Crippen molar-refractivity contribution < 1.29 is 24.3 Å². The highest BCUT2D eigenvalue weighted by Crippen LogP contribution is 2.10. The van der Waals surface area contributed by atoms with Gasteiger partial charge in [-0.3, -0.25) is 19.4 Å². The number of guanidine groups is 1. The van der Waals surface area contributed by atoms with Crippen molar-refractivity contribution in [3.8, 4) is 0 Å². The molecule has 0 rings (SSSR count). The van der Waals surface area contributed by atoms with Crippen LogP contribution in [0.4, 0.5) is 0 Å². The first kappa shape index (κ1) is 29.1. The Kier molecular flexibility index (Phi) is 13.6. The van der Waals surface area contributed by atoms with Crippen LogP contribution in [-0.2, 0) is 19.2 Å². The van der Waals surface area contributed by atoms with Gasteiger partial charge in [0.25, 0.3) is 0 Å². The van der Waals surface area contributed by atoms with Gasteiger partial charge in [0.05, 0.1) is 6.54 Å². The van der Waals surface area contributed by atoms with Gasteiger partial charge >= 0.3 is 5.97 Å². The SMILES string of the molecule is CC(C)CC(NC(=O)CN)C(=O)NC(CC(C)C)C(=O)NC(CCCN=C(N)N)C(=O)O. The zero-order chi connectivity index (χ0) is 24.8. The molecule has 3 amide bonds. The second kappa shape index (κ2) is 15.0. The van der Waals surface area contributed by atoms with E-state index in [1.54, 1.807) is 0 Å². The Labute approximate surface area is 189 Å². The molecule has 0 spiro atoms. The number of aliphatic carboxylic acids is 1. The average molecular weight is 458 g/mol. The Balaban J connectivity index is 5.31. The number of rotatable bonds is 15. The highest BCUT2D eigenvalue weighted by Gasteiger charge is 2.30. The lowest BCUT2D eigenvalue weighted by molar-refractivity contribution is -0.142. The normalized spacial score (nSPS) is 13.7. The van der Waals surface area contributed by atoms with E-state index in [4.69, 9.17) is 17.2 Å². The number of nitrogens with zero attached hydrogens (tertiary/aromatic N) is 1. The number of carboxylic acid groups (broad SMARTS) is 1. The van der Waals surface area contributed by atoms with Crippen molar-refractivity contribution >= 4 is 29.7 Å². The molecule has 0 aliphatic carbocycles. The quantitative estimate of drug-likeness (QED) is 0.0882. The predicted octanol–water partition coefficient (Wildman–Crippen LogP) is -1.37. The molecular weight excluding hydrogens is 418 g/mol. The second-order valence-corrected chi connectivity index (χ2v) is 8.49. The maximum atomic E-state index is 12.8. The molecule has 0 radical (unpaired) electrons. The van der Waals surface area contributed by atoms with Crippen molar-refractivity contribution in [2.75, 3.05) is 13.1 Å². The lowest BCUT2D eigenvalue weighted by atomic mass is 9.99. The molecule has 0 aromatic rings. The van der Waals surface area contributed by atoms with Crippen LogP contribution in [0.5, 0.6) is 0 Å². The Morgan fingerprint density at radius 3 is 1.72 bits per heavy atom. The van der Waals surface area contributed by atoms with Crippen LogP contribution in [0.25, 0.3) is 0 Å². The number of amides is 3. The summed E-state index contributed by atoms with van der Waals surface area (Å²) in [6.07, 6.45) is 1.11. The molecule has 0 aromatic carbocycles. The van der Waals surface area contributed by atoms with Gasteiger partial charge in [-0.1, -0.05) is 27.7 Å². The molecule has 0 saturated heterocycles. The Bertz CT molecular complexity index is 663. The number of carboxylic acids is 1. The largest absolute Gasteiger partial charge is 0.480 e. The van der Waals surface area contributed by atoms with Gasteiger partial charge < -0.3 is 38.3 Å². The third-order valence-electron chi connectivity index (χ3n) is 4.44. The van der Waals surface area contributed by atoms with Crippen LogP contribution in [0.15, 0.2) is 4.99 Å². The van der Waals surface area contributed by atoms with Crippen LogP contribution < -0.4 is 33.2 Å². The van der Waals surface area contributed by atoms with Crippen molar-refractivity contribution in [1.82, 2.24) is 16.0 Å². The number of carbonyl (C=O) groups is 4. The van der Waals surface area contributed by atoms with Crippen LogP contribution in [0, 0.1) is 11.8 Å². The van der Waals surface area contributed by atoms with Crippen molar-refractivity contribution in [3.63, 3.8) is 0 Å². The number of nitrogens with two attached hydrogens (primary N) is 3. The Morgan fingerprint density at radius 1 is 0.844 bits per heavy atom. The summed E-state index contributed by atoms with van der Waals surface area (Å²) in [4.78, 5) is 52.7. The Morgan fingerprint density at radius 2 is 1.31 bits per heavy atom. The lowest BCUT2D eigenvalue weighted by Gasteiger charge is -2.26. The van der Waals surface area contributed by atoms with Gasteiger partial charge in [-0.25, -0.2) is 4.79 Å². The summed E-state index contributed by atoms with van der Waals surface area (Å²) < 4.78 is 0. The fraction of sp³-hybridized carbons (Fsp3) is 0.750. The monoisotopic (exact) mass is 457 g/mol. The molecule has 3 atom stereocenters. The molecule has 0 aromatic heterocycles. The molecule has 0 saturated carbocycles. The molecule has 0 bridgehead atoms. The van der Waals surface area contributed by atoms with Gasteiger partial charge in [-0.2, -0.15) is 0 Å². The van der Waals surface area contributed by atoms with Crippen LogP contribution in [0.2, 0.25) is 0 Å². The summed E-state index contributed by atoms with van der Waals surface area (Å²) in [6.45, 7) is 7.50. The number of aliphatic imine (C=N–C) groups is 1.